The van der Waals surface area contributed by atoms with Gasteiger partial charge in [0.05, 0.1) is 0 Å². The smallest absolute Gasteiger partial charge is 0.325 e. The number of amides is 4. The number of rotatable bonds is 6. The van der Waals surface area contributed by atoms with Crippen LogP contribution in [0.5, 0.6) is 0 Å². The quantitative estimate of drug-likeness (QED) is 0.756. The lowest BCUT2D eigenvalue weighted by Gasteiger charge is -2.42. The van der Waals surface area contributed by atoms with Gasteiger partial charge in [-0.3, -0.25) is 14.5 Å². The van der Waals surface area contributed by atoms with Gasteiger partial charge in [-0.05, 0) is 31.2 Å². The molecule has 1 aliphatic heterocycles. The second-order valence-corrected chi connectivity index (χ2v) is 8.20. The van der Waals surface area contributed by atoms with E-state index < -0.39 is 5.54 Å². The molecule has 1 spiro atoms. The van der Waals surface area contributed by atoms with E-state index in [1.165, 1.54) is 16.9 Å². The number of carbonyl (C=O) groups excluding carboxylic acids is 3. The maximum Gasteiger partial charge on any atom is 0.325 e. The Balaban J connectivity index is 1.30. The van der Waals surface area contributed by atoms with Gasteiger partial charge in [0, 0.05) is 24.9 Å². The first-order valence-electron chi connectivity index (χ1n) is 10.0. The molecule has 0 atom stereocenters. The van der Waals surface area contributed by atoms with E-state index >= 15 is 0 Å². The molecule has 3 aliphatic rings. The van der Waals surface area contributed by atoms with Crippen molar-refractivity contribution in [3.8, 4) is 0 Å². The predicted molar refractivity (Wildman–Crippen MR) is 101 cm³/mol. The fourth-order valence-corrected chi connectivity index (χ4v) is 4.73. The van der Waals surface area contributed by atoms with Crippen molar-refractivity contribution in [2.24, 2.45) is 0 Å². The van der Waals surface area contributed by atoms with Crippen molar-refractivity contribution >= 4 is 17.8 Å². The van der Waals surface area contributed by atoms with Crippen molar-refractivity contribution in [3.05, 3.63) is 35.9 Å². The first kappa shape index (κ1) is 18.0. The second-order valence-electron chi connectivity index (χ2n) is 8.20. The highest BCUT2D eigenvalue weighted by Gasteiger charge is 2.52. The number of carbonyl (C=O) groups is 3. The zero-order valence-electron chi connectivity index (χ0n) is 15.6. The van der Waals surface area contributed by atoms with Gasteiger partial charge in [-0.2, -0.15) is 0 Å². The molecule has 1 saturated heterocycles. The summed E-state index contributed by atoms with van der Waals surface area (Å²) in [6.45, 7) is 0.760. The fraction of sp³-hybridized carbons (Fsp3) is 0.571. The Morgan fingerprint density at radius 1 is 1.04 bits per heavy atom. The van der Waals surface area contributed by atoms with Crippen LogP contribution in [0.1, 0.15) is 56.9 Å². The molecule has 2 N–H and O–H groups in total. The fourth-order valence-electron chi connectivity index (χ4n) is 4.73. The minimum atomic E-state index is -0.698. The Kier molecular flexibility index (Phi) is 4.66. The molecule has 6 nitrogen and oxygen atoms in total. The number of imide groups is 1. The lowest BCUT2D eigenvalue weighted by molar-refractivity contribution is -0.131. The van der Waals surface area contributed by atoms with Crippen LogP contribution >= 0.6 is 0 Å². The molecule has 0 unspecified atom stereocenters. The number of urea groups is 1. The summed E-state index contributed by atoms with van der Waals surface area (Å²) in [6, 6.07) is 9.97. The standard InChI is InChI=1S/C21H27N3O3/c25-17(22-15-20(10-6-11-20)16-7-2-1-3-8-16)9-14-24-18(26)21(23-19(24)27)12-4-5-13-21/h1-3,7-8H,4-6,9-15H2,(H,22,25)(H,23,27). The molecule has 2 aliphatic carbocycles. The molecule has 1 aromatic carbocycles. The van der Waals surface area contributed by atoms with Gasteiger partial charge < -0.3 is 10.6 Å². The molecule has 2 saturated carbocycles. The zero-order valence-corrected chi connectivity index (χ0v) is 15.6. The molecular formula is C21H27N3O3. The van der Waals surface area contributed by atoms with Gasteiger partial charge in [0.25, 0.3) is 5.91 Å². The van der Waals surface area contributed by atoms with Crippen LogP contribution in [-0.4, -0.2) is 41.4 Å². The third-order valence-corrected chi connectivity index (χ3v) is 6.59. The third-order valence-electron chi connectivity index (χ3n) is 6.59. The van der Waals surface area contributed by atoms with Gasteiger partial charge in [-0.15, -0.1) is 0 Å². The van der Waals surface area contributed by atoms with Gasteiger partial charge in [0.2, 0.25) is 5.91 Å². The summed E-state index contributed by atoms with van der Waals surface area (Å²) in [5.74, 6) is -0.261. The summed E-state index contributed by atoms with van der Waals surface area (Å²) in [6.07, 6.45) is 6.82. The number of nitrogens with one attached hydrogen (secondary N) is 2. The van der Waals surface area contributed by atoms with E-state index in [0.717, 1.165) is 25.7 Å². The van der Waals surface area contributed by atoms with E-state index in [1.807, 2.05) is 18.2 Å². The topological polar surface area (TPSA) is 78.5 Å². The second kappa shape index (κ2) is 6.98. The summed E-state index contributed by atoms with van der Waals surface area (Å²) in [7, 11) is 0. The Morgan fingerprint density at radius 2 is 1.74 bits per heavy atom. The van der Waals surface area contributed by atoms with Crippen LogP contribution in [0.25, 0.3) is 0 Å². The molecule has 0 bridgehead atoms. The molecule has 1 aromatic rings. The van der Waals surface area contributed by atoms with E-state index in [2.05, 4.69) is 22.8 Å². The van der Waals surface area contributed by atoms with Gasteiger partial charge in [0.1, 0.15) is 5.54 Å². The summed E-state index contributed by atoms with van der Waals surface area (Å²) < 4.78 is 0. The molecule has 6 heteroatoms. The monoisotopic (exact) mass is 369 g/mol. The lowest BCUT2D eigenvalue weighted by Crippen LogP contribution is -2.46. The number of hydrogen-bond donors (Lipinski definition) is 2. The van der Waals surface area contributed by atoms with Gasteiger partial charge >= 0.3 is 6.03 Å². The van der Waals surface area contributed by atoms with E-state index in [4.69, 9.17) is 0 Å². The average molecular weight is 369 g/mol. The van der Waals surface area contributed by atoms with Crippen molar-refractivity contribution < 1.29 is 14.4 Å². The van der Waals surface area contributed by atoms with Gasteiger partial charge in [0.15, 0.2) is 0 Å². The van der Waals surface area contributed by atoms with Crippen molar-refractivity contribution in [1.82, 2.24) is 15.5 Å². The highest BCUT2D eigenvalue weighted by atomic mass is 16.2. The van der Waals surface area contributed by atoms with Crippen LogP contribution in [0.4, 0.5) is 4.79 Å². The largest absolute Gasteiger partial charge is 0.355 e. The molecule has 27 heavy (non-hydrogen) atoms. The normalized spacial score (nSPS) is 22.6. The molecule has 144 valence electrons. The minimum absolute atomic E-state index is 0.0334. The van der Waals surface area contributed by atoms with Gasteiger partial charge in [-0.25, -0.2) is 4.79 Å². The Bertz CT molecular complexity index is 736. The molecule has 0 aromatic heterocycles. The molecule has 3 fully saturated rings. The van der Waals surface area contributed by atoms with Gasteiger partial charge in [-0.1, -0.05) is 49.6 Å². The van der Waals surface area contributed by atoms with Crippen LogP contribution < -0.4 is 10.6 Å². The Hall–Kier alpha value is -2.37. The third kappa shape index (κ3) is 3.22. The predicted octanol–water partition coefficient (Wildman–Crippen LogP) is 2.48. The maximum absolute atomic E-state index is 12.6. The van der Waals surface area contributed by atoms with Crippen LogP contribution in [0.15, 0.2) is 30.3 Å². The summed E-state index contributed by atoms with van der Waals surface area (Å²) in [5.41, 5.74) is 0.608. The van der Waals surface area contributed by atoms with Crippen molar-refractivity contribution in [3.63, 3.8) is 0 Å². The Labute approximate surface area is 159 Å². The molecule has 1 heterocycles. The number of nitrogens with zero attached hydrogens (tertiary/aromatic N) is 1. The minimum Gasteiger partial charge on any atom is -0.355 e. The lowest BCUT2D eigenvalue weighted by atomic mass is 9.64. The molecular weight excluding hydrogens is 342 g/mol. The van der Waals surface area contributed by atoms with E-state index in [-0.39, 0.29) is 36.2 Å². The summed E-state index contributed by atoms with van der Waals surface area (Å²) in [5, 5.41) is 5.88. The first-order chi connectivity index (χ1) is 13.0. The molecule has 4 amide bonds. The molecule has 4 rings (SSSR count). The highest BCUT2D eigenvalue weighted by Crippen LogP contribution is 2.43. The number of hydrogen-bond acceptors (Lipinski definition) is 3. The van der Waals surface area contributed by atoms with Crippen molar-refractivity contribution in [2.75, 3.05) is 13.1 Å². The highest BCUT2D eigenvalue weighted by molar-refractivity contribution is 6.07. The zero-order chi connectivity index (χ0) is 18.9. The van der Waals surface area contributed by atoms with Crippen LogP contribution in [0.2, 0.25) is 0 Å². The van der Waals surface area contributed by atoms with Crippen molar-refractivity contribution in [2.45, 2.75) is 62.3 Å². The van der Waals surface area contributed by atoms with E-state index in [0.29, 0.717) is 19.4 Å². The molecule has 0 radical (unpaired) electrons. The SMILES string of the molecule is O=C(CCN1C(=O)NC2(CCCC2)C1=O)NCC1(c2ccccc2)CCC1. The first-order valence-corrected chi connectivity index (χ1v) is 10.0. The van der Waals surface area contributed by atoms with Crippen LogP contribution in [0, 0.1) is 0 Å². The van der Waals surface area contributed by atoms with Crippen molar-refractivity contribution in [1.29, 1.82) is 0 Å². The summed E-state index contributed by atoms with van der Waals surface area (Å²) in [4.78, 5) is 38.4. The average Bonchev–Trinajstić information content (AvgIpc) is 3.19. The number of benzene rings is 1. The van der Waals surface area contributed by atoms with Crippen LogP contribution in [0.3, 0.4) is 0 Å². The Morgan fingerprint density at radius 3 is 2.37 bits per heavy atom. The summed E-state index contributed by atoms with van der Waals surface area (Å²) >= 11 is 0. The maximum atomic E-state index is 12.6. The van der Waals surface area contributed by atoms with E-state index in [9.17, 15) is 14.4 Å². The van der Waals surface area contributed by atoms with Crippen LogP contribution in [-0.2, 0) is 15.0 Å². The van der Waals surface area contributed by atoms with E-state index in [1.54, 1.807) is 0 Å².